The van der Waals surface area contributed by atoms with Crippen LogP contribution in [-0.2, 0) is 0 Å². The number of halogens is 1. The van der Waals surface area contributed by atoms with Gasteiger partial charge in [0.15, 0.2) is 0 Å². The van der Waals surface area contributed by atoms with E-state index in [4.69, 9.17) is 0 Å². The second-order valence-corrected chi connectivity index (χ2v) is 6.79. The van der Waals surface area contributed by atoms with E-state index >= 15 is 0 Å². The normalized spacial score (nSPS) is 20.5. The largest absolute Gasteiger partial charge is 0.339 e. The molecule has 3 rings (SSSR count). The Hall–Kier alpha value is -1.06. The molecule has 0 radical (unpaired) electrons. The molecule has 2 fully saturated rings. The van der Waals surface area contributed by atoms with Crippen molar-refractivity contribution in [3.63, 3.8) is 0 Å². The van der Waals surface area contributed by atoms with Crippen LogP contribution in [0.15, 0.2) is 18.2 Å². The van der Waals surface area contributed by atoms with E-state index in [2.05, 4.69) is 30.1 Å². The van der Waals surface area contributed by atoms with E-state index in [0.717, 1.165) is 37.3 Å². The predicted molar refractivity (Wildman–Crippen MR) is 92.8 cm³/mol. The third-order valence-corrected chi connectivity index (χ3v) is 5.61. The van der Waals surface area contributed by atoms with Crippen molar-refractivity contribution in [1.29, 1.82) is 0 Å². The highest BCUT2D eigenvalue weighted by molar-refractivity contribution is 5.96. The van der Waals surface area contributed by atoms with Crippen molar-refractivity contribution >= 4 is 18.3 Å². The first-order valence-corrected chi connectivity index (χ1v) is 8.18. The first kappa shape index (κ1) is 17.3. The highest BCUT2D eigenvalue weighted by Gasteiger charge is 2.36. The van der Waals surface area contributed by atoms with Crippen LogP contribution in [-0.4, -0.2) is 37.0 Å². The number of rotatable bonds is 1. The highest BCUT2D eigenvalue weighted by Crippen LogP contribution is 2.39. The molecule has 2 aliphatic rings. The van der Waals surface area contributed by atoms with Gasteiger partial charge in [0.25, 0.3) is 5.91 Å². The third kappa shape index (κ3) is 3.31. The van der Waals surface area contributed by atoms with Crippen molar-refractivity contribution in [2.45, 2.75) is 39.5 Å². The summed E-state index contributed by atoms with van der Waals surface area (Å²) in [5.74, 6) is 0.222. The van der Waals surface area contributed by atoms with Gasteiger partial charge in [0.2, 0.25) is 0 Å². The SMILES string of the molecule is Cc1cccc(C(=O)N2CCC3(CCNCC3)CC2)c1C.Cl. The minimum Gasteiger partial charge on any atom is -0.339 e. The van der Waals surface area contributed by atoms with Gasteiger partial charge >= 0.3 is 0 Å². The van der Waals surface area contributed by atoms with Crippen molar-refractivity contribution in [2.75, 3.05) is 26.2 Å². The zero-order chi connectivity index (χ0) is 14.9. The van der Waals surface area contributed by atoms with Gasteiger partial charge in [-0.3, -0.25) is 4.79 Å². The van der Waals surface area contributed by atoms with E-state index in [1.807, 2.05) is 12.1 Å². The number of piperidine rings is 2. The third-order valence-electron chi connectivity index (χ3n) is 5.61. The maximum absolute atomic E-state index is 12.8. The van der Waals surface area contributed by atoms with Gasteiger partial charge < -0.3 is 10.2 Å². The van der Waals surface area contributed by atoms with Gasteiger partial charge in [-0.25, -0.2) is 0 Å². The number of benzene rings is 1. The molecule has 2 aliphatic heterocycles. The predicted octanol–water partition coefficient (Wildman–Crippen LogP) is 3.33. The molecule has 0 aromatic heterocycles. The van der Waals surface area contributed by atoms with Crippen LogP contribution in [0.1, 0.15) is 47.2 Å². The number of carbonyl (C=O) groups is 1. The number of carbonyl (C=O) groups excluding carboxylic acids is 1. The molecule has 1 amide bonds. The topological polar surface area (TPSA) is 32.3 Å². The van der Waals surface area contributed by atoms with Gasteiger partial charge in [0.1, 0.15) is 0 Å². The minimum absolute atomic E-state index is 0. The molecule has 1 spiro atoms. The molecule has 1 N–H and O–H groups in total. The summed E-state index contributed by atoms with van der Waals surface area (Å²) < 4.78 is 0. The number of likely N-dealkylation sites (tertiary alicyclic amines) is 1. The fourth-order valence-corrected chi connectivity index (χ4v) is 3.79. The van der Waals surface area contributed by atoms with Gasteiger partial charge in [0.05, 0.1) is 0 Å². The lowest BCUT2D eigenvalue weighted by Crippen LogP contribution is -2.47. The number of aryl methyl sites for hydroxylation is 1. The van der Waals surface area contributed by atoms with Crippen molar-refractivity contribution in [3.05, 3.63) is 34.9 Å². The van der Waals surface area contributed by atoms with Gasteiger partial charge in [-0.15, -0.1) is 12.4 Å². The summed E-state index contributed by atoms with van der Waals surface area (Å²) in [7, 11) is 0. The summed E-state index contributed by atoms with van der Waals surface area (Å²) in [6, 6.07) is 6.04. The van der Waals surface area contributed by atoms with Crippen LogP contribution < -0.4 is 5.32 Å². The number of hydrogen-bond donors (Lipinski definition) is 1. The number of hydrogen-bond acceptors (Lipinski definition) is 2. The Bertz CT molecular complexity index is 528. The minimum atomic E-state index is 0. The van der Waals surface area contributed by atoms with Crippen LogP contribution in [0.5, 0.6) is 0 Å². The Kier molecular flexibility index (Phi) is 5.51. The zero-order valence-corrected chi connectivity index (χ0v) is 14.5. The van der Waals surface area contributed by atoms with Crippen LogP contribution >= 0.6 is 12.4 Å². The summed E-state index contributed by atoms with van der Waals surface area (Å²) in [5, 5.41) is 3.45. The lowest BCUT2D eigenvalue weighted by atomic mass is 9.71. The molecule has 2 saturated heterocycles. The van der Waals surface area contributed by atoms with Gasteiger partial charge in [0, 0.05) is 18.7 Å². The molecular weight excluding hydrogens is 296 g/mol. The summed E-state index contributed by atoms with van der Waals surface area (Å²) in [6.45, 7) is 8.27. The van der Waals surface area contributed by atoms with Gasteiger partial charge in [-0.05, 0) is 75.2 Å². The van der Waals surface area contributed by atoms with Crippen LogP contribution in [0.2, 0.25) is 0 Å². The molecule has 1 aromatic carbocycles. The van der Waals surface area contributed by atoms with E-state index in [1.54, 1.807) is 0 Å². The molecule has 1 aromatic rings. The van der Waals surface area contributed by atoms with Gasteiger partial charge in [-0.2, -0.15) is 0 Å². The van der Waals surface area contributed by atoms with Crippen molar-refractivity contribution in [3.8, 4) is 0 Å². The number of nitrogens with zero attached hydrogens (tertiary/aromatic N) is 1. The van der Waals surface area contributed by atoms with E-state index in [0.29, 0.717) is 5.41 Å². The number of nitrogens with one attached hydrogen (secondary N) is 1. The molecule has 22 heavy (non-hydrogen) atoms. The molecule has 4 heteroatoms. The molecule has 0 atom stereocenters. The molecule has 122 valence electrons. The highest BCUT2D eigenvalue weighted by atomic mass is 35.5. The Morgan fingerprint density at radius 3 is 2.36 bits per heavy atom. The Balaban J connectivity index is 0.00000176. The van der Waals surface area contributed by atoms with Crippen molar-refractivity contribution < 1.29 is 4.79 Å². The average Bonchev–Trinajstić information content (AvgIpc) is 2.51. The lowest BCUT2D eigenvalue weighted by molar-refractivity contribution is 0.0495. The molecule has 3 nitrogen and oxygen atoms in total. The monoisotopic (exact) mass is 322 g/mol. The fourth-order valence-electron chi connectivity index (χ4n) is 3.79. The standard InChI is InChI=1S/C18H26N2O.ClH/c1-14-4-3-5-16(15(14)2)17(21)20-12-8-18(9-13-20)6-10-19-11-7-18;/h3-5,19H,6-13H2,1-2H3;1H. The van der Waals surface area contributed by atoms with Gasteiger partial charge in [-0.1, -0.05) is 12.1 Å². The smallest absolute Gasteiger partial charge is 0.254 e. The maximum atomic E-state index is 12.8. The Morgan fingerprint density at radius 2 is 1.73 bits per heavy atom. The van der Waals surface area contributed by atoms with E-state index < -0.39 is 0 Å². The zero-order valence-electron chi connectivity index (χ0n) is 13.7. The molecule has 0 saturated carbocycles. The van der Waals surface area contributed by atoms with E-state index in [1.165, 1.54) is 31.2 Å². The molecule has 0 unspecified atom stereocenters. The summed E-state index contributed by atoms with van der Waals surface area (Å²) in [6.07, 6.45) is 4.90. The maximum Gasteiger partial charge on any atom is 0.254 e. The first-order chi connectivity index (χ1) is 10.1. The second kappa shape index (κ2) is 7.01. The lowest BCUT2D eigenvalue weighted by Gasteiger charge is -2.44. The van der Waals surface area contributed by atoms with Crippen LogP contribution in [0.4, 0.5) is 0 Å². The molecule has 0 bridgehead atoms. The summed E-state index contributed by atoms with van der Waals surface area (Å²) >= 11 is 0. The summed E-state index contributed by atoms with van der Waals surface area (Å²) in [5.41, 5.74) is 3.72. The molecule has 0 aliphatic carbocycles. The molecule has 2 heterocycles. The first-order valence-electron chi connectivity index (χ1n) is 8.18. The van der Waals surface area contributed by atoms with Crippen molar-refractivity contribution in [2.24, 2.45) is 5.41 Å². The Labute approximate surface area is 139 Å². The van der Waals surface area contributed by atoms with E-state index in [-0.39, 0.29) is 18.3 Å². The van der Waals surface area contributed by atoms with E-state index in [9.17, 15) is 4.79 Å². The molecular formula is C18H27ClN2O. The summed E-state index contributed by atoms with van der Waals surface area (Å²) in [4.78, 5) is 14.8. The average molecular weight is 323 g/mol. The van der Waals surface area contributed by atoms with Crippen LogP contribution in [0.25, 0.3) is 0 Å². The van der Waals surface area contributed by atoms with Crippen LogP contribution in [0, 0.1) is 19.3 Å². The second-order valence-electron chi connectivity index (χ2n) is 6.79. The quantitative estimate of drug-likeness (QED) is 0.860. The van der Waals surface area contributed by atoms with Crippen molar-refractivity contribution in [1.82, 2.24) is 10.2 Å². The van der Waals surface area contributed by atoms with Crippen LogP contribution in [0.3, 0.4) is 0 Å². The number of amides is 1. The fraction of sp³-hybridized carbons (Fsp3) is 0.611. The Morgan fingerprint density at radius 1 is 1.09 bits per heavy atom.